The number of unbranched alkanes of at least 4 members (excludes halogenated alkanes) is 1. The summed E-state index contributed by atoms with van der Waals surface area (Å²) < 4.78 is 27.0. The lowest BCUT2D eigenvalue weighted by molar-refractivity contribution is -0.120. The zero-order chi connectivity index (χ0) is 24.3. The molecule has 0 radical (unpaired) electrons. The summed E-state index contributed by atoms with van der Waals surface area (Å²) in [5, 5.41) is 7.43. The van der Waals surface area contributed by atoms with Crippen LogP contribution >= 0.6 is 0 Å². The molecule has 1 N–H and O–H groups in total. The van der Waals surface area contributed by atoms with Gasteiger partial charge in [-0.25, -0.2) is 9.07 Å². The monoisotopic (exact) mass is 468 g/mol. The van der Waals surface area contributed by atoms with E-state index in [9.17, 15) is 9.18 Å². The van der Waals surface area contributed by atoms with Crippen LogP contribution in [0.25, 0.3) is 17.1 Å². The molecule has 8 heteroatoms. The SMILES string of the molecule is CCCCC(CC)C(=O)Nc1ccc(-n2nc(OCCOCC)nc2-c2ccccc2F)cc1. The highest BCUT2D eigenvalue weighted by Gasteiger charge is 2.19. The molecule has 1 atom stereocenters. The van der Waals surface area contributed by atoms with Crippen LogP contribution in [0.5, 0.6) is 6.01 Å². The summed E-state index contributed by atoms with van der Waals surface area (Å²) in [7, 11) is 0. The Balaban J connectivity index is 1.82. The molecule has 0 spiro atoms. The van der Waals surface area contributed by atoms with Crippen molar-refractivity contribution in [2.24, 2.45) is 5.92 Å². The van der Waals surface area contributed by atoms with Crippen LogP contribution in [-0.2, 0) is 9.53 Å². The van der Waals surface area contributed by atoms with E-state index in [0.29, 0.717) is 36.0 Å². The molecule has 0 saturated carbocycles. The summed E-state index contributed by atoms with van der Waals surface area (Å²) >= 11 is 0. The number of hydrogen-bond acceptors (Lipinski definition) is 5. The first-order valence-electron chi connectivity index (χ1n) is 11.9. The van der Waals surface area contributed by atoms with Gasteiger partial charge in [-0.05, 0) is 56.2 Å². The Morgan fingerprint density at radius 3 is 2.53 bits per heavy atom. The van der Waals surface area contributed by atoms with Crippen LogP contribution in [0.3, 0.4) is 0 Å². The van der Waals surface area contributed by atoms with E-state index in [1.807, 2.05) is 38.1 Å². The largest absolute Gasteiger partial charge is 0.460 e. The van der Waals surface area contributed by atoms with E-state index < -0.39 is 5.82 Å². The van der Waals surface area contributed by atoms with Gasteiger partial charge in [0.1, 0.15) is 12.4 Å². The number of halogens is 1. The molecule has 1 unspecified atom stereocenters. The summed E-state index contributed by atoms with van der Waals surface area (Å²) in [5.41, 5.74) is 1.68. The fourth-order valence-electron chi connectivity index (χ4n) is 3.59. The van der Waals surface area contributed by atoms with Gasteiger partial charge in [-0.2, -0.15) is 4.98 Å². The summed E-state index contributed by atoms with van der Waals surface area (Å²) in [6.07, 6.45) is 3.79. The van der Waals surface area contributed by atoms with Crippen LogP contribution < -0.4 is 10.1 Å². The van der Waals surface area contributed by atoms with Gasteiger partial charge in [0.25, 0.3) is 0 Å². The maximum atomic E-state index is 14.5. The number of nitrogens with one attached hydrogen (secondary N) is 1. The van der Waals surface area contributed by atoms with Crippen LogP contribution in [0.2, 0.25) is 0 Å². The molecule has 3 rings (SSSR count). The summed E-state index contributed by atoms with van der Waals surface area (Å²) in [4.78, 5) is 17.0. The number of aromatic nitrogens is 3. The molecule has 34 heavy (non-hydrogen) atoms. The van der Waals surface area contributed by atoms with Crippen LogP contribution in [-0.4, -0.2) is 40.5 Å². The Labute approximate surface area is 200 Å². The van der Waals surface area contributed by atoms with Crippen LogP contribution in [0.1, 0.15) is 46.5 Å². The van der Waals surface area contributed by atoms with Gasteiger partial charge in [0.15, 0.2) is 5.82 Å². The van der Waals surface area contributed by atoms with Crippen molar-refractivity contribution in [3.63, 3.8) is 0 Å². The van der Waals surface area contributed by atoms with Gasteiger partial charge in [-0.1, -0.05) is 38.8 Å². The molecule has 0 aliphatic carbocycles. The second kappa shape index (κ2) is 12.8. The number of amides is 1. The average Bonchev–Trinajstić information content (AvgIpc) is 3.27. The molecule has 3 aromatic rings. The zero-order valence-corrected chi connectivity index (χ0v) is 20.1. The van der Waals surface area contributed by atoms with Crippen molar-refractivity contribution in [1.29, 1.82) is 0 Å². The standard InChI is InChI=1S/C26H33FN4O3/c1-4-7-10-19(5-2)25(32)28-20-13-15-21(16-14-20)31-24(22-11-8-9-12-23(22)27)29-26(30-31)34-18-17-33-6-3/h8-9,11-16,19H,4-7,10,17-18H2,1-3H3,(H,28,32). The van der Waals surface area contributed by atoms with E-state index in [1.54, 1.807) is 18.2 Å². The Bertz CT molecular complexity index is 1050. The minimum absolute atomic E-state index is 0.000930. The lowest BCUT2D eigenvalue weighted by Gasteiger charge is -2.15. The van der Waals surface area contributed by atoms with Crippen molar-refractivity contribution in [1.82, 2.24) is 14.8 Å². The second-order valence-electron chi connectivity index (χ2n) is 7.94. The predicted molar refractivity (Wildman–Crippen MR) is 131 cm³/mol. The first-order chi connectivity index (χ1) is 16.6. The number of anilines is 1. The van der Waals surface area contributed by atoms with Gasteiger partial charge in [-0.15, -0.1) is 5.10 Å². The predicted octanol–water partition coefficient (Wildman–Crippen LogP) is 5.64. The van der Waals surface area contributed by atoms with Gasteiger partial charge < -0.3 is 14.8 Å². The number of nitrogens with zero attached hydrogens (tertiary/aromatic N) is 3. The van der Waals surface area contributed by atoms with Crippen LogP contribution in [0.4, 0.5) is 10.1 Å². The van der Waals surface area contributed by atoms with Crippen molar-refractivity contribution in [2.45, 2.75) is 46.5 Å². The Morgan fingerprint density at radius 1 is 1.09 bits per heavy atom. The molecular formula is C26H33FN4O3. The normalized spacial score (nSPS) is 11.9. The van der Waals surface area contributed by atoms with Gasteiger partial charge in [0.05, 0.1) is 17.9 Å². The fourth-order valence-corrected chi connectivity index (χ4v) is 3.59. The van der Waals surface area contributed by atoms with E-state index in [-0.39, 0.29) is 24.4 Å². The summed E-state index contributed by atoms with van der Waals surface area (Å²) in [6, 6.07) is 13.8. The summed E-state index contributed by atoms with van der Waals surface area (Å²) in [6.45, 7) is 7.35. The van der Waals surface area contributed by atoms with Gasteiger partial charge in [0.2, 0.25) is 5.91 Å². The van der Waals surface area contributed by atoms with Crippen molar-refractivity contribution in [2.75, 3.05) is 25.1 Å². The molecule has 0 bridgehead atoms. The van der Waals surface area contributed by atoms with Crippen molar-refractivity contribution < 1.29 is 18.7 Å². The number of hydrogen-bond donors (Lipinski definition) is 1. The Kier molecular flexibility index (Phi) is 9.58. The fraction of sp³-hybridized carbons (Fsp3) is 0.423. The van der Waals surface area contributed by atoms with E-state index >= 15 is 0 Å². The van der Waals surface area contributed by atoms with E-state index in [2.05, 4.69) is 22.3 Å². The van der Waals surface area contributed by atoms with Crippen LogP contribution in [0.15, 0.2) is 48.5 Å². The smallest absolute Gasteiger partial charge is 0.336 e. The van der Waals surface area contributed by atoms with Crippen molar-refractivity contribution in [3.05, 3.63) is 54.3 Å². The van der Waals surface area contributed by atoms with E-state index in [1.165, 1.54) is 10.7 Å². The molecule has 1 aromatic heterocycles. The zero-order valence-electron chi connectivity index (χ0n) is 20.1. The molecule has 0 fully saturated rings. The number of carbonyl (C=O) groups is 1. The summed E-state index contributed by atoms with van der Waals surface area (Å²) in [5.74, 6) is -0.0500. The lowest BCUT2D eigenvalue weighted by atomic mass is 9.98. The van der Waals surface area contributed by atoms with Gasteiger partial charge in [0, 0.05) is 18.2 Å². The number of ether oxygens (including phenoxy) is 2. The minimum Gasteiger partial charge on any atom is -0.460 e. The molecule has 0 aliphatic rings. The van der Waals surface area contributed by atoms with E-state index in [0.717, 1.165) is 25.7 Å². The minimum atomic E-state index is -0.404. The molecule has 2 aromatic carbocycles. The van der Waals surface area contributed by atoms with Crippen molar-refractivity contribution >= 4 is 11.6 Å². The van der Waals surface area contributed by atoms with E-state index in [4.69, 9.17) is 9.47 Å². The molecule has 1 heterocycles. The number of rotatable bonds is 13. The Morgan fingerprint density at radius 2 is 1.85 bits per heavy atom. The first-order valence-corrected chi connectivity index (χ1v) is 11.9. The maximum absolute atomic E-state index is 14.5. The topological polar surface area (TPSA) is 78.3 Å². The molecule has 182 valence electrons. The van der Waals surface area contributed by atoms with Crippen molar-refractivity contribution in [3.8, 4) is 23.1 Å². The highest BCUT2D eigenvalue weighted by molar-refractivity contribution is 5.92. The Hall–Kier alpha value is -3.26. The quantitative estimate of drug-likeness (QED) is 0.328. The third-order valence-corrected chi connectivity index (χ3v) is 5.51. The highest BCUT2D eigenvalue weighted by Crippen LogP contribution is 2.26. The molecule has 1 amide bonds. The number of benzene rings is 2. The van der Waals surface area contributed by atoms with Gasteiger partial charge >= 0.3 is 6.01 Å². The number of carbonyl (C=O) groups excluding carboxylic acids is 1. The average molecular weight is 469 g/mol. The first kappa shape index (κ1) is 25.4. The molecule has 0 aliphatic heterocycles. The maximum Gasteiger partial charge on any atom is 0.336 e. The highest BCUT2D eigenvalue weighted by atomic mass is 19.1. The molecular weight excluding hydrogens is 435 g/mol. The third-order valence-electron chi connectivity index (χ3n) is 5.51. The second-order valence-corrected chi connectivity index (χ2v) is 7.94. The molecule has 7 nitrogen and oxygen atoms in total. The van der Waals surface area contributed by atoms with Crippen LogP contribution in [0, 0.1) is 11.7 Å². The third kappa shape index (κ3) is 6.63. The lowest BCUT2D eigenvalue weighted by Crippen LogP contribution is -2.22. The molecule has 0 saturated heterocycles. The van der Waals surface area contributed by atoms with Gasteiger partial charge in [-0.3, -0.25) is 4.79 Å².